The molecule has 0 aliphatic carbocycles. The van der Waals surface area contributed by atoms with E-state index in [1.165, 1.54) is 13.0 Å². The lowest BCUT2D eigenvalue weighted by molar-refractivity contribution is -0.146. The van der Waals surface area contributed by atoms with Crippen LogP contribution < -0.4 is 20.9 Å². The molecule has 16 nitrogen and oxygen atoms in total. The first kappa shape index (κ1) is 33.5. The van der Waals surface area contributed by atoms with E-state index in [-0.39, 0.29) is 12.4 Å². The summed E-state index contributed by atoms with van der Waals surface area (Å²) in [5, 5.41) is 28.3. The number of H-pyrrole nitrogens is 1. The second-order valence-corrected chi connectivity index (χ2v) is 12.0. The lowest BCUT2D eigenvalue weighted by Crippen LogP contribution is -2.39. The molecule has 0 saturated carbocycles. The summed E-state index contributed by atoms with van der Waals surface area (Å²) < 4.78 is 51.4. The monoisotopic (exact) mass is 670 g/mol. The van der Waals surface area contributed by atoms with Crippen LogP contribution in [-0.4, -0.2) is 56.7 Å². The van der Waals surface area contributed by atoms with Gasteiger partial charge in [0.25, 0.3) is 5.56 Å². The molecule has 1 fully saturated rings. The minimum atomic E-state index is -4.55. The van der Waals surface area contributed by atoms with E-state index < -0.39 is 73.8 Å². The second-order valence-electron chi connectivity index (χ2n) is 10.3. The van der Waals surface area contributed by atoms with Crippen molar-refractivity contribution in [2.45, 2.75) is 44.1 Å². The molecule has 0 spiro atoms. The first-order valence-electron chi connectivity index (χ1n) is 14.0. The van der Waals surface area contributed by atoms with Gasteiger partial charge in [-0.2, -0.15) is 9.48 Å². The van der Waals surface area contributed by atoms with E-state index in [0.29, 0.717) is 15.5 Å². The largest absolute Gasteiger partial charge is 0.460 e. The summed E-state index contributed by atoms with van der Waals surface area (Å²) in [7, 11) is -4.55. The topological polar surface area (TPSA) is 227 Å². The highest BCUT2D eigenvalue weighted by molar-refractivity contribution is 7.52. The number of fused-ring (bicyclic) bond motifs is 1. The summed E-state index contributed by atoms with van der Waals surface area (Å²) in [6.07, 6.45) is -7.20. The van der Waals surface area contributed by atoms with E-state index in [4.69, 9.17) is 24.1 Å². The fourth-order valence-electron chi connectivity index (χ4n) is 4.78. The van der Waals surface area contributed by atoms with E-state index in [9.17, 15) is 33.6 Å². The maximum atomic E-state index is 14.5. The molecule has 47 heavy (non-hydrogen) atoms. The van der Waals surface area contributed by atoms with Crippen LogP contribution in [0.25, 0.3) is 21.2 Å². The van der Waals surface area contributed by atoms with Crippen LogP contribution >= 0.6 is 7.75 Å². The van der Waals surface area contributed by atoms with E-state index in [2.05, 4.69) is 15.1 Å². The average Bonchev–Trinajstić information content (AvgIpc) is 3.34. The number of nitrogens with zero attached hydrogens (tertiary/aromatic N) is 4. The number of ether oxygens (including phenoxy) is 2. The number of hydrogen-bond donors (Lipinski definition) is 4. The van der Waals surface area contributed by atoms with Crippen molar-refractivity contribution in [3.05, 3.63) is 115 Å². The smallest absolute Gasteiger partial charge is 0.459 e. The molecule has 0 amide bonds. The number of carbonyl (C=O) groups is 1. The molecule has 0 radical (unpaired) electrons. The third-order valence-corrected chi connectivity index (χ3v) is 8.73. The molecular formula is C29H28FN6O10P. The van der Waals surface area contributed by atoms with Crippen molar-refractivity contribution in [3.63, 3.8) is 0 Å². The number of nitrogens with one attached hydrogen (secondary N) is 2. The van der Waals surface area contributed by atoms with E-state index >= 15 is 0 Å². The first-order chi connectivity index (χ1) is 22.5. The van der Waals surface area contributed by atoms with Crippen molar-refractivity contribution in [1.29, 1.82) is 0 Å². The predicted octanol–water partition coefficient (Wildman–Crippen LogP) is 3.32. The Balaban J connectivity index is 1.39. The highest BCUT2D eigenvalue weighted by atomic mass is 31.2. The molecule has 2 heterocycles. The molecule has 246 valence electrons. The van der Waals surface area contributed by atoms with E-state index in [0.717, 1.165) is 5.39 Å². The highest BCUT2D eigenvalue weighted by Crippen LogP contribution is 2.47. The number of halogens is 1. The molecule has 5 rings (SSSR count). The van der Waals surface area contributed by atoms with Gasteiger partial charge in [-0.15, -0.1) is 0 Å². The molecule has 0 bridgehead atoms. The fraction of sp³-hybridized carbons (Fsp3) is 0.276. The number of aromatic amines is 1. The van der Waals surface area contributed by atoms with Crippen LogP contribution in [0.1, 0.15) is 18.7 Å². The Labute approximate surface area is 264 Å². The summed E-state index contributed by atoms with van der Waals surface area (Å²) >= 11 is 0. The van der Waals surface area contributed by atoms with Gasteiger partial charge in [-0.1, -0.05) is 66.7 Å². The number of aromatic nitrogens is 2. The summed E-state index contributed by atoms with van der Waals surface area (Å²) in [4.78, 5) is 41.1. The lowest BCUT2D eigenvalue weighted by Gasteiger charge is -2.25. The van der Waals surface area contributed by atoms with Crippen molar-refractivity contribution in [2.24, 2.45) is 5.11 Å². The minimum absolute atomic E-state index is 0.0645. The maximum absolute atomic E-state index is 14.5. The molecule has 1 saturated heterocycles. The molecule has 1 aliphatic heterocycles. The van der Waals surface area contributed by atoms with Crippen LogP contribution in [0.3, 0.4) is 0 Å². The molecule has 4 N–H and O–H groups in total. The standard InChI is InChI=1S/C29H28FN6O10P/c1-16(28(40)43-14-17-8-3-2-4-9-17)34-47(42,46-20-13-7-11-18-10-5-6-12-19(18)20)44-15-21-23(37)24(38)27(45-21)36-25(33-35-31)22(30)26(39)32-29(36)41/h2-13,16,21,23-24,27,37-38H,14-15H2,1H3,(H,34,42)(H,32,39,41)/t16-,21+,23+,24+,27+,47?/m0/s1. The van der Waals surface area contributed by atoms with Crippen molar-refractivity contribution in [2.75, 3.05) is 6.61 Å². The fourth-order valence-corrected chi connectivity index (χ4v) is 6.30. The normalized spacial score (nSPS) is 21.0. The number of carbonyl (C=O) groups excluding carboxylic acids is 1. The van der Waals surface area contributed by atoms with Crippen molar-refractivity contribution in [1.82, 2.24) is 14.6 Å². The van der Waals surface area contributed by atoms with Gasteiger partial charge in [0.05, 0.1) is 6.61 Å². The van der Waals surface area contributed by atoms with Crippen molar-refractivity contribution in [3.8, 4) is 5.75 Å². The molecular weight excluding hydrogens is 642 g/mol. The van der Waals surface area contributed by atoms with Gasteiger partial charge < -0.3 is 24.2 Å². The van der Waals surface area contributed by atoms with Gasteiger partial charge in [-0.05, 0) is 34.6 Å². The summed E-state index contributed by atoms with van der Waals surface area (Å²) in [5.74, 6) is -3.42. The van der Waals surface area contributed by atoms with Gasteiger partial charge in [-0.25, -0.2) is 9.36 Å². The highest BCUT2D eigenvalue weighted by Gasteiger charge is 2.47. The third-order valence-electron chi connectivity index (χ3n) is 7.10. The van der Waals surface area contributed by atoms with Crippen molar-refractivity contribution >= 4 is 30.3 Å². The van der Waals surface area contributed by atoms with Gasteiger partial charge in [0.2, 0.25) is 5.82 Å². The average molecular weight is 671 g/mol. The van der Waals surface area contributed by atoms with Gasteiger partial charge in [-0.3, -0.25) is 23.7 Å². The Morgan fingerprint density at radius 2 is 1.83 bits per heavy atom. The van der Waals surface area contributed by atoms with Crippen LogP contribution in [0.15, 0.2) is 87.5 Å². The Morgan fingerprint density at radius 3 is 2.57 bits per heavy atom. The summed E-state index contributed by atoms with van der Waals surface area (Å²) in [6.45, 7) is 0.531. The third kappa shape index (κ3) is 7.42. The van der Waals surface area contributed by atoms with E-state index in [1.807, 2.05) is 0 Å². The Bertz CT molecular complexity index is 1980. The van der Waals surface area contributed by atoms with Crippen LogP contribution in [0, 0.1) is 5.82 Å². The quantitative estimate of drug-likeness (QED) is 0.0562. The van der Waals surface area contributed by atoms with Gasteiger partial charge in [0.15, 0.2) is 12.0 Å². The molecule has 1 unspecified atom stereocenters. The summed E-state index contributed by atoms with van der Waals surface area (Å²) in [6, 6.07) is 19.6. The zero-order chi connectivity index (χ0) is 33.7. The van der Waals surface area contributed by atoms with Gasteiger partial charge in [0, 0.05) is 10.3 Å². The molecule has 1 aliphatic rings. The lowest BCUT2D eigenvalue weighted by atomic mass is 10.1. The SMILES string of the molecule is C[C@H](NP(=O)(OC[C@H]1O[C@@H](n2c(N=[N+]=[N-])c(F)c(=O)[nH]c2=O)[C@H](O)[C@@H]1O)Oc1cccc2ccccc12)C(=O)OCc1ccccc1. The molecule has 6 atom stereocenters. The van der Waals surface area contributed by atoms with Crippen molar-refractivity contribution < 1.29 is 42.5 Å². The predicted molar refractivity (Wildman–Crippen MR) is 163 cm³/mol. The minimum Gasteiger partial charge on any atom is -0.460 e. The number of aliphatic hydroxyl groups is 2. The van der Waals surface area contributed by atoms with Crippen LogP contribution in [-0.2, 0) is 30.0 Å². The zero-order valence-electron chi connectivity index (χ0n) is 24.5. The number of aliphatic hydroxyl groups excluding tert-OH is 2. The Morgan fingerprint density at radius 1 is 1.13 bits per heavy atom. The van der Waals surface area contributed by atoms with Gasteiger partial charge >= 0.3 is 19.4 Å². The molecule has 18 heteroatoms. The van der Waals surface area contributed by atoms with Crippen LogP contribution in [0.5, 0.6) is 5.75 Å². The second kappa shape index (κ2) is 14.3. The van der Waals surface area contributed by atoms with E-state index in [1.54, 1.807) is 71.7 Å². The van der Waals surface area contributed by atoms with Gasteiger partial charge in [0.1, 0.15) is 36.7 Å². The summed E-state index contributed by atoms with van der Waals surface area (Å²) in [5.41, 5.74) is 6.74. The maximum Gasteiger partial charge on any atom is 0.459 e. The molecule has 4 aromatic rings. The Kier molecular flexibility index (Phi) is 10.2. The number of hydrogen-bond acceptors (Lipinski definition) is 11. The number of rotatable bonds is 12. The molecule has 3 aromatic carbocycles. The van der Waals surface area contributed by atoms with Crippen LogP contribution in [0.4, 0.5) is 10.2 Å². The Hall–Kier alpha value is -4.86. The number of benzene rings is 3. The number of azide groups is 1. The molecule has 1 aromatic heterocycles. The number of esters is 1. The first-order valence-corrected chi connectivity index (χ1v) is 15.6. The van der Waals surface area contributed by atoms with Crippen LogP contribution in [0.2, 0.25) is 0 Å². The zero-order valence-corrected chi connectivity index (χ0v) is 25.4.